The highest BCUT2D eigenvalue weighted by Gasteiger charge is 2.28. The smallest absolute Gasteiger partial charge is 0.333 e. The third kappa shape index (κ3) is 4.26. The molecule has 1 heterocycles. The number of urea groups is 1. The molecule has 6 nitrogen and oxygen atoms in total. The molecular formula is C12H20N4O2. The van der Waals surface area contributed by atoms with Gasteiger partial charge in [-0.15, -0.1) is 6.42 Å². The molecule has 18 heavy (non-hydrogen) atoms. The van der Waals surface area contributed by atoms with E-state index in [9.17, 15) is 9.59 Å². The Morgan fingerprint density at radius 3 is 2.83 bits per heavy atom. The van der Waals surface area contributed by atoms with E-state index < -0.39 is 6.03 Å². The van der Waals surface area contributed by atoms with Crippen LogP contribution in [0.5, 0.6) is 0 Å². The maximum atomic E-state index is 11.9. The minimum absolute atomic E-state index is 0.212. The maximum Gasteiger partial charge on any atom is 0.333 e. The van der Waals surface area contributed by atoms with Crippen LogP contribution in [0.2, 0.25) is 0 Å². The number of amides is 3. The molecule has 1 saturated heterocycles. The molecule has 1 aliphatic rings. The number of carbonyl (C=O) groups excluding carboxylic acids is 2. The van der Waals surface area contributed by atoms with Crippen molar-refractivity contribution in [2.45, 2.75) is 32.2 Å². The summed E-state index contributed by atoms with van der Waals surface area (Å²) in [7, 11) is 0. The highest BCUT2D eigenvalue weighted by atomic mass is 16.2. The maximum absolute atomic E-state index is 11.9. The van der Waals surface area contributed by atoms with E-state index in [1.54, 1.807) is 6.92 Å². The zero-order valence-corrected chi connectivity index (χ0v) is 10.7. The fraction of sp³-hybridized carbons (Fsp3) is 0.667. The van der Waals surface area contributed by atoms with E-state index >= 15 is 0 Å². The molecule has 0 radical (unpaired) electrons. The molecular weight excluding hydrogens is 232 g/mol. The quantitative estimate of drug-likeness (QED) is 0.482. The lowest BCUT2D eigenvalue weighted by Gasteiger charge is -2.33. The highest BCUT2D eigenvalue weighted by Crippen LogP contribution is 2.16. The van der Waals surface area contributed by atoms with Crippen molar-refractivity contribution in [1.82, 2.24) is 21.1 Å². The first kappa shape index (κ1) is 14.3. The summed E-state index contributed by atoms with van der Waals surface area (Å²) in [6.07, 6.45) is 8.10. The lowest BCUT2D eigenvalue weighted by atomic mass is 10.0. The Labute approximate surface area is 107 Å². The SMILES string of the molecule is C#CCN1CCCC[C@@H]1C(=O)NNC(=O)NCC. The Morgan fingerprint density at radius 2 is 2.17 bits per heavy atom. The van der Waals surface area contributed by atoms with Crippen molar-refractivity contribution >= 4 is 11.9 Å². The average Bonchev–Trinajstić information content (AvgIpc) is 2.37. The topological polar surface area (TPSA) is 73.5 Å². The average molecular weight is 252 g/mol. The van der Waals surface area contributed by atoms with Crippen LogP contribution in [0, 0.1) is 12.3 Å². The Morgan fingerprint density at radius 1 is 1.39 bits per heavy atom. The molecule has 0 aliphatic carbocycles. The van der Waals surface area contributed by atoms with Gasteiger partial charge in [0.1, 0.15) is 0 Å². The van der Waals surface area contributed by atoms with Crippen molar-refractivity contribution < 1.29 is 9.59 Å². The van der Waals surface area contributed by atoms with Gasteiger partial charge in [-0.05, 0) is 26.3 Å². The van der Waals surface area contributed by atoms with Gasteiger partial charge < -0.3 is 5.32 Å². The summed E-state index contributed by atoms with van der Waals surface area (Å²) in [6.45, 7) is 3.59. The highest BCUT2D eigenvalue weighted by molar-refractivity contribution is 5.84. The van der Waals surface area contributed by atoms with Gasteiger partial charge in [0.25, 0.3) is 5.91 Å². The van der Waals surface area contributed by atoms with Crippen LogP contribution in [0.3, 0.4) is 0 Å². The van der Waals surface area contributed by atoms with Gasteiger partial charge in [-0.25, -0.2) is 10.2 Å². The van der Waals surface area contributed by atoms with Crippen molar-refractivity contribution in [3.63, 3.8) is 0 Å². The van der Waals surface area contributed by atoms with Gasteiger partial charge in [-0.1, -0.05) is 12.3 Å². The Bertz CT molecular complexity index is 337. The summed E-state index contributed by atoms with van der Waals surface area (Å²) in [5.41, 5.74) is 4.73. The molecule has 0 bridgehead atoms. The van der Waals surface area contributed by atoms with Gasteiger partial charge in [-0.3, -0.25) is 15.1 Å². The summed E-state index contributed by atoms with van der Waals surface area (Å²) in [5, 5.41) is 2.53. The normalized spacial score (nSPS) is 19.7. The number of piperidine rings is 1. The molecule has 1 rings (SSSR count). The molecule has 0 aromatic heterocycles. The van der Waals surface area contributed by atoms with E-state index in [1.165, 1.54) is 0 Å². The standard InChI is InChI=1S/C12H20N4O2/c1-3-8-16-9-6-5-7-10(16)11(17)14-15-12(18)13-4-2/h1,10H,4-9H2,2H3,(H,14,17)(H2,13,15,18)/t10-/m1/s1. The summed E-state index contributed by atoms with van der Waals surface area (Å²) in [5.74, 6) is 2.34. The number of rotatable bonds is 3. The van der Waals surface area contributed by atoms with Crippen molar-refractivity contribution in [2.75, 3.05) is 19.6 Å². The zero-order chi connectivity index (χ0) is 13.4. The lowest BCUT2D eigenvalue weighted by Crippen LogP contribution is -2.55. The second kappa shape index (κ2) is 7.56. The molecule has 0 spiro atoms. The number of nitrogens with one attached hydrogen (secondary N) is 3. The van der Waals surface area contributed by atoms with Crippen LogP contribution in [0.4, 0.5) is 4.79 Å². The first-order chi connectivity index (χ1) is 8.69. The van der Waals surface area contributed by atoms with Crippen LogP contribution in [0.1, 0.15) is 26.2 Å². The van der Waals surface area contributed by atoms with Gasteiger partial charge in [0.2, 0.25) is 0 Å². The molecule has 6 heteroatoms. The fourth-order valence-corrected chi connectivity index (χ4v) is 2.00. The van der Waals surface area contributed by atoms with E-state index in [4.69, 9.17) is 6.42 Å². The van der Waals surface area contributed by atoms with E-state index in [0.29, 0.717) is 13.1 Å². The summed E-state index contributed by atoms with van der Waals surface area (Å²) in [6, 6.07) is -0.665. The minimum atomic E-state index is -0.412. The number of terminal acetylenes is 1. The molecule has 0 saturated carbocycles. The van der Waals surface area contributed by atoms with Crippen molar-refractivity contribution in [1.29, 1.82) is 0 Å². The Kier molecular flexibility index (Phi) is 6.01. The molecule has 1 aliphatic heterocycles. The number of likely N-dealkylation sites (tertiary alicyclic amines) is 1. The van der Waals surface area contributed by atoms with E-state index in [2.05, 4.69) is 22.1 Å². The van der Waals surface area contributed by atoms with Crippen LogP contribution < -0.4 is 16.2 Å². The fourth-order valence-electron chi connectivity index (χ4n) is 2.00. The van der Waals surface area contributed by atoms with Crippen molar-refractivity contribution in [3.05, 3.63) is 0 Å². The molecule has 100 valence electrons. The van der Waals surface area contributed by atoms with Crippen LogP contribution in [0.25, 0.3) is 0 Å². The van der Waals surface area contributed by atoms with Crippen LogP contribution in [0.15, 0.2) is 0 Å². The predicted molar refractivity (Wildman–Crippen MR) is 68.4 cm³/mol. The van der Waals surface area contributed by atoms with Crippen LogP contribution in [-0.2, 0) is 4.79 Å². The number of hydrogen-bond acceptors (Lipinski definition) is 3. The summed E-state index contributed by atoms with van der Waals surface area (Å²) in [4.78, 5) is 25.0. The van der Waals surface area contributed by atoms with E-state index in [0.717, 1.165) is 25.8 Å². The molecule has 0 aromatic rings. The number of nitrogens with zero attached hydrogens (tertiary/aromatic N) is 1. The van der Waals surface area contributed by atoms with Gasteiger partial charge in [0.15, 0.2) is 0 Å². The third-order valence-electron chi connectivity index (χ3n) is 2.85. The Hall–Kier alpha value is -1.74. The minimum Gasteiger partial charge on any atom is -0.337 e. The molecule has 1 fully saturated rings. The van der Waals surface area contributed by atoms with Crippen molar-refractivity contribution in [2.24, 2.45) is 0 Å². The molecule has 0 aromatic carbocycles. The largest absolute Gasteiger partial charge is 0.337 e. The van der Waals surface area contributed by atoms with Gasteiger partial charge in [0, 0.05) is 6.54 Å². The zero-order valence-electron chi connectivity index (χ0n) is 10.7. The second-order valence-electron chi connectivity index (χ2n) is 4.16. The van der Waals surface area contributed by atoms with Gasteiger partial charge in [0.05, 0.1) is 12.6 Å². The molecule has 3 amide bonds. The number of hydrazine groups is 1. The summed E-state index contributed by atoms with van der Waals surface area (Å²) < 4.78 is 0. The monoisotopic (exact) mass is 252 g/mol. The first-order valence-electron chi connectivity index (χ1n) is 6.20. The van der Waals surface area contributed by atoms with Crippen LogP contribution >= 0.6 is 0 Å². The second-order valence-corrected chi connectivity index (χ2v) is 4.16. The predicted octanol–water partition coefficient (Wildman–Crippen LogP) is -0.176. The molecule has 3 N–H and O–H groups in total. The lowest BCUT2D eigenvalue weighted by molar-refractivity contribution is -0.128. The third-order valence-corrected chi connectivity index (χ3v) is 2.85. The van der Waals surface area contributed by atoms with Crippen molar-refractivity contribution in [3.8, 4) is 12.3 Å². The van der Waals surface area contributed by atoms with Crippen LogP contribution in [-0.4, -0.2) is 42.5 Å². The van der Waals surface area contributed by atoms with Gasteiger partial charge >= 0.3 is 6.03 Å². The molecule has 1 atom stereocenters. The van der Waals surface area contributed by atoms with E-state index in [-0.39, 0.29) is 11.9 Å². The van der Waals surface area contributed by atoms with Gasteiger partial charge in [-0.2, -0.15) is 0 Å². The number of carbonyl (C=O) groups is 2. The van der Waals surface area contributed by atoms with E-state index in [1.807, 2.05) is 4.90 Å². The first-order valence-corrected chi connectivity index (χ1v) is 6.20. The number of hydrogen-bond donors (Lipinski definition) is 3. The summed E-state index contributed by atoms with van der Waals surface area (Å²) >= 11 is 0. The Balaban J connectivity index is 2.43. The molecule has 0 unspecified atom stereocenters.